The van der Waals surface area contributed by atoms with Crippen LogP contribution in [-0.4, -0.2) is 7.11 Å². The average molecular weight is 398 g/mol. The summed E-state index contributed by atoms with van der Waals surface area (Å²) < 4.78 is 23.2. The second-order valence-electron chi connectivity index (χ2n) is 6.85. The SMILES string of the molecule is COc1ccc(OCc2ccccc2)c2cc3oc(=O)c(-c4ccccc4)c-3oc12. The monoisotopic (exact) mass is 398 g/mol. The fraction of sp³-hybridized carbons (Fsp3) is 0.0800. The van der Waals surface area contributed by atoms with Gasteiger partial charge in [-0.05, 0) is 29.3 Å². The molecule has 5 heteroatoms. The standard InChI is InChI=1S/C25H18O5/c1-27-20-13-12-19(28-15-16-8-4-2-5-9-16)18-14-21-24(30-23(18)20)22(25(26)29-21)17-10-6-3-7-11-17/h2-14H,15H2,1H3. The molecule has 30 heavy (non-hydrogen) atoms. The second kappa shape index (κ2) is 7.44. The molecular formula is C25H18O5. The van der Waals surface area contributed by atoms with Gasteiger partial charge in [-0.15, -0.1) is 0 Å². The molecule has 0 unspecified atom stereocenters. The minimum atomic E-state index is -0.444. The molecule has 0 aliphatic carbocycles. The Labute approximate surface area is 172 Å². The van der Waals surface area contributed by atoms with Crippen molar-refractivity contribution in [3.8, 4) is 34.1 Å². The Balaban J connectivity index is 1.67. The lowest BCUT2D eigenvalue weighted by Crippen LogP contribution is -1.97. The molecule has 5 rings (SSSR count). The van der Waals surface area contributed by atoms with Crippen LogP contribution in [0.1, 0.15) is 5.56 Å². The van der Waals surface area contributed by atoms with Crippen LogP contribution in [0.15, 0.2) is 92.5 Å². The lowest BCUT2D eigenvalue weighted by molar-refractivity contribution is 0.309. The van der Waals surface area contributed by atoms with E-state index >= 15 is 0 Å². The Bertz CT molecular complexity index is 1330. The molecule has 0 spiro atoms. The number of ether oxygens (including phenoxy) is 2. The number of fused-ring (bicyclic) bond motifs is 2. The fourth-order valence-corrected chi connectivity index (χ4v) is 3.52. The first-order valence-electron chi connectivity index (χ1n) is 9.54. The van der Waals surface area contributed by atoms with Gasteiger partial charge in [-0.25, -0.2) is 4.79 Å². The first-order valence-corrected chi connectivity index (χ1v) is 9.54. The zero-order chi connectivity index (χ0) is 20.5. The molecule has 3 aromatic carbocycles. The van der Waals surface area contributed by atoms with Gasteiger partial charge in [0.05, 0.1) is 12.5 Å². The van der Waals surface area contributed by atoms with Gasteiger partial charge in [0.15, 0.2) is 22.9 Å². The molecule has 0 atom stereocenters. The maximum Gasteiger partial charge on any atom is 0.348 e. The highest BCUT2D eigenvalue weighted by Gasteiger charge is 2.25. The summed E-state index contributed by atoms with van der Waals surface area (Å²) in [5.74, 6) is 1.92. The number of benzene rings is 3. The minimum absolute atomic E-state index is 0.365. The number of hydrogen-bond donors (Lipinski definition) is 0. The van der Waals surface area contributed by atoms with E-state index in [0.717, 1.165) is 11.1 Å². The van der Waals surface area contributed by atoms with Gasteiger partial charge in [0.2, 0.25) is 0 Å². The second-order valence-corrected chi connectivity index (χ2v) is 6.85. The van der Waals surface area contributed by atoms with Gasteiger partial charge in [0.25, 0.3) is 0 Å². The van der Waals surface area contributed by atoms with Crippen LogP contribution in [0.25, 0.3) is 33.6 Å². The molecule has 0 saturated heterocycles. The molecule has 148 valence electrons. The largest absolute Gasteiger partial charge is 0.493 e. The molecule has 0 aromatic heterocycles. The summed E-state index contributed by atoms with van der Waals surface area (Å²) in [6.45, 7) is 0.403. The van der Waals surface area contributed by atoms with Gasteiger partial charge < -0.3 is 18.3 Å². The van der Waals surface area contributed by atoms with Crippen molar-refractivity contribution < 1.29 is 18.3 Å². The van der Waals surface area contributed by atoms with E-state index < -0.39 is 5.63 Å². The normalized spacial score (nSPS) is 11.1. The van der Waals surface area contributed by atoms with Gasteiger partial charge in [-0.3, -0.25) is 0 Å². The summed E-state index contributed by atoms with van der Waals surface area (Å²) in [5.41, 5.74) is 2.23. The van der Waals surface area contributed by atoms with Gasteiger partial charge >= 0.3 is 5.63 Å². The predicted octanol–water partition coefficient (Wildman–Crippen LogP) is 5.75. The average Bonchev–Trinajstić information content (AvgIpc) is 3.12. The highest BCUT2D eigenvalue weighted by atomic mass is 16.5. The van der Waals surface area contributed by atoms with Crippen LogP contribution in [0.3, 0.4) is 0 Å². The van der Waals surface area contributed by atoms with Crippen molar-refractivity contribution in [2.24, 2.45) is 0 Å². The van der Waals surface area contributed by atoms with Gasteiger partial charge in [0.1, 0.15) is 17.9 Å². The summed E-state index contributed by atoms with van der Waals surface area (Å²) in [5, 5.41) is 0.672. The van der Waals surface area contributed by atoms with E-state index in [1.807, 2.05) is 66.7 Å². The summed E-state index contributed by atoms with van der Waals surface area (Å²) in [6.07, 6.45) is 0. The van der Waals surface area contributed by atoms with Crippen molar-refractivity contribution >= 4 is 11.0 Å². The molecule has 5 nitrogen and oxygen atoms in total. The van der Waals surface area contributed by atoms with Crippen molar-refractivity contribution in [1.29, 1.82) is 0 Å². The van der Waals surface area contributed by atoms with Crippen molar-refractivity contribution in [1.82, 2.24) is 0 Å². The fourth-order valence-electron chi connectivity index (χ4n) is 3.52. The molecule has 0 saturated carbocycles. The van der Waals surface area contributed by atoms with Gasteiger partial charge in [-0.2, -0.15) is 0 Å². The highest BCUT2D eigenvalue weighted by Crippen LogP contribution is 2.41. The third-order valence-electron chi connectivity index (χ3n) is 4.98. The van der Waals surface area contributed by atoms with Crippen LogP contribution in [0.4, 0.5) is 0 Å². The highest BCUT2D eigenvalue weighted by molar-refractivity contribution is 5.93. The van der Waals surface area contributed by atoms with Crippen molar-refractivity contribution in [3.63, 3.8) is 0 Å². The summed E-state index contributed by atoms with van der Waals surface area (Å²) >= 11 is 0. The van der Waals surface area contributed by atoms with E-state index in [-0.39, 0.29) is 0 Å². The van der Waals surface area contributed by atoms with E-state index in [0.29, 0.717) is 46.2 Å². The molecule has 2 aliphatic rings. The van der Waals surface area contributed by atoms with Crippen molar-refractivity contribution in [2.45, 2.75) is 6.61 Å². The van der Waals surface area contributed by atoms with Gasteiger partial charge in [-0.1, -0.05) is 60.7 Å². The van der Waals surface area contributed by atoms with Crippen LogP contribution < -0.4 is 15.1 Å². The summed E-state index contributed by atoms with van der Waals surface area (Å²) in [7, 11) is 1.57. The topological polar surface area (TPSA) is 61.8 Å². The molecule has 0 N–H and O–H groups in total. The van der Waals surface area contributed by atoms with Crippen LogP contribution in [0.2, 0.25) is 0 Å². The van der Waals surface area contributed by atoms with E-state index in [9.17, 15) is 4.79 Å². The Morgan fingerprint density at radius 2 is 1.53 bits per heavy atom. The molecule has 0 bridgehead atoms. The van der Waals surface area contributed by atoms with Crippen LogP contribution in [0, 0.1) is 0 Å². The molecule has 2 aliphatic heterocycles. The summed E-state index contributed by atoms with van der Waals surface area (Å²) in [6, 6.07) is 24.6. The Morgan fingerprint density at radius 3 is 2.27 bits per heavy atom. The zero-order valence-electron chi connectivity index (χ0n) is 16.3. The van der Waals surface area contributed by atoms with Crippen molar-refractivity contribution in [2.75, 3.05) is 7.11 Å². The van der Waals surface area contributed by atoms with E-state index in [2.05, 4.69) is 0 Å². The predicted molar refractivity (Wildman–Crippen MR) is 114 cm³/mol. The smallest absolute Gasteiger partial charge is 0.348 e. The number of methoxy groups -OCH3 is 1. The third kappa shape index (κ3) is 3.10. The van der Waals surface area contributed by atoms with E-state index in [1.54, 1.807) is 19.2 Å². The maximum atomic E-state index is 12.6. The lowest BCUT2D eigenvalue weighted by Gasteiger charge is -2.13. The molecule has 0 fully saturated rings. The Hall–Kier alpha value is -3.99. The van der Waals surface area contributed by atoms with Gasteiger partial charge in [0, 0.05) is 0 Å². The molecule has 3 aromatic rings. The van der Waals surface area contributed by atoms with Crippen LogP contribution in [0.5, 0.6) is 11.5 Å². The Kier molecular flexibility index (Phi) is 4.48. The van der Waals surface area contributed by atoms with Crippen LogP contribution in [-0.2, 0) is 6.61 Å². The molecule has 2 heterocycles. The first kappa shape index (κ1) is 18.1. The molecular weight excluding hydrogens is 380 g/mol. The number of hydrogen-bond acceptors (Lipinski definition) is 5. The number of furan rings is 1. The quantitative estimate of drug-likeness (QED) is 0.377. The lowest BCUT2D eigenvalue weighted by atomic mass is 10.1. The maximum absolute atomic E-state index is 12.6. The van der Waals surface area contributed by atoms with Crippen molar-refractivity contribution in [3.05, 3.63) is 94.8 Å². The number of rotatable bonds is 5. The summed E-state index contributed by atoms with van der Waals surface area (Å²) in [4.78, 5) is 12.6. The van der Waals surface area contributed by atoms with E-state index in [1.165, 1.54) is 0 Å². The molecule has 0 radical (unpaired) electrons. The minimum Gasteiger partial charge on any atom is -0.493 e. The Morgan fingerprint density at radius 1 is 0.833 bits per heavy atom. The van der Waals surface area contributed by atoms with E-state index in [4.69, 9.17) is 18.3 Å². The molecule has 0 amide bonds. The first-order chi connectivity index (χ1) is 14.7. The van der Waals surface area contributed by atoms with Crippen LogP contribution >= 0.6 is 0 Å². The third-order valence-corrected chi connectivity index (χ3v) is 4.98. The zero-order valence-corrected chi connectivity index (χ0v) is 16.3.